The minimum absolute atomic E-state index is 0.0477. The fraction of sp³-hybridized carbons (Fsp3) is 0.455. The molecule has 1 aliphatic heterocycles. The van der Waals surface area contributed by atoms with Gasteiger partial charge in [0, 0.05) is 44.0 Å². The quantitative estimate of drug-likeness (QED) is 0.827. The predicted octanol–water partition coefficient (Wildman–Crippen LogP) is 1.38. The van der Waals surface area contributed by atoms with Crippen LogP contribution >= 0.6 is 0 Å². The Balaban J connectivity index is 2.29. The smallest absolute Gasteiger partial charge is 0.200 e. The Morgan fingerprint density at radius 2 is 1.94 bits per heavy atom. The van der Waals surface area contributed by atoms with Gasteiger partial charge < -0.3 is 15.0 Å². The second kappa shape index (κ2) is 4.65. The van der Waals surface area contributed by atoms with E-state index >= 15 is 0 Å². The summed E-state index contributed by atoms with van der Waals surface area (Å²) >= 11 is 0. The van der Waals surface area contributed by atoms with Crippen molar-refractivity contribution in [1.82, 2.24) is 5.32 Å². The number of ether oxygens (including phenoxy) is 1. The van der Waals surface area contributed by atoms with Crippen LogP contribution in [0.5, 0.6) is 5.75 Å². The summed E-state index contributed by atoms with van der Waals surface area (Å²) in [6, 6.07) is 2.74. The topological polar surface area (TPSA) is 24.5 Å². The van der Waals surface area contributed by atoms with Crippen LogP contribution in [-0.2, 0) is 0 Å². The van der Waals surface area contributed by atoms with Crippen LogP contribution in [0.4, 0.5) is 14.5 Å². The SMILES string of the molecule is COc1cc(N2CCNCC2)cc(F)c1F. The number of halogens is 2. The van der Waals surface area contributed by atoms with E-state index in [-0.39, 0.29) is 5.75 Å². The van der Waals surface area contributed by atoms with E-state index in [9.17, 15) is 8.78 Å². The van der Waals surface area contributed by atoms with Gasteiger partial charge in [-0.15, -0.1) is 0 Å². The zero-order valence-corrected chi connectivity index (χ0v) is 9.09. The van der Waals surface area contributed by atoms with Crippen molar-refractivity contribution in [3.05, 3.63) is 23.8 Å². The minimum Gasteiger partial charge on any atom is -0.493 e. The molecule has 1 N–H and O–H groups in total. The van der Waals surface area contributed by atoms with Gasteiger partial charge in [0.05, 0.1) is 7.11 Å². The fourth-order valence-electron chi connectivity index (χ4n) is 1.80. The van der Waals surface area contributed by atoms with Crippen molar-refractivity contribution in [2.45, 2.75) is 0 Å². The monoisotopic (exact) mass is 228 g/mol. The predicted molar refractivity (Wildman–Crippen MR) is 58.0 cm³/mol. The highest BCUT2D eigenvalue weighted by atomic mass is 19.2. The highest BCUT2D eigenvalue weighted by molar-refractivity contribution is 5.52. The normalized spacial score (nSPS) is 16.3. The van der Waals surface area contributed by atoms with Gasteiger partial charge in [-0.25, -0.2) is 4.39 Å². The van der Waals surface area contributed by atoms with Gasteiger partial charge in [-0.3, -0.25) is 0 Å². The molecule has 0 spiro atoms. The molecule has 1 aromatic rings. The molecule has 0 unspecified atom stereocenters. The summed E-state index contributed by atoms with van der Waals surface area (Å²) in [6.07, 6.45) is 0. The van der Waals surface area contributed by atoms with E-state index < -0.39 is 11.6 Å². The van der Waals surface area contributed by atoms with Gasteiger partial charge >= 0.3 is 0 Å². The average molecular weight is 228 g/mol. The molecular formula is C11H14F2N2O. The van der Waals surface area contributed by atoms with Crippen molar-refractivity contribution < 1.29 is 13.5 Å². The number of nitrogens with zero attached hydrogens (tertiary/aromatic N) is 1. The number of rotatable bonds is 2. The van der Waals surface area contributed by atoms with E-state index in [2.05, 4.69) is 5.32 Å². The van der Waals surface area contributed by atoms with Crippen LogP contribution in [0.3, 0.4) is 0 Å². The molecule has 1 saturated heterocycles. The molecule has 0 radical (unpaired) electrons. The van der Waals surface area contributed by atoms with E-state index in [0.717, 1.165) is 26.2 Å². The van der Waals surface area contributed by atoms with Gasteiger partial charge in [0.25, 0.3) is 0 Å². The fourth-order valence-corrected chi connectivity index (χ4v) is 1.80. The Morgan fingerprint density at radius 3 is 2.56 bits per heavy atom. The highest BCUT2D eigenvalue weighted by Gasteiger charge is 2.16. The lowest BCUT2D eigenvalue weighted by Gasteiger charge is -2.29. The van der Waals surface area contributed by atoms with Gasteiger partial charge in [0.1, 0.15) is 0 Å². The summed E-state index contributed by atoms with van der Waals surface area (Å²) in [4.78, 5) is 2.00. The van der Waals surface area contributed by atoms with Crippen molar-refractivity contribution >= 4 is 5.69 Å². The van der Waals surface area contributed by atoms with Crippen molar-refractivity contribution in [3.8, 4) is 5.75 Å². The number of benzene rings is 1. The Morgan fingerprint density at radius 1 is 1.25 bits per heavy atom. The Labute approximate surface area is 93.0 Å². The molecule has 0 bridgehead atoms. The van der Waals surface area contributed by atoms with Gasteiger partial charge in [-0.05, 0) is 0 Å². The molecule has 88 valence electrons. The molecule has 0 aliphatic carbocycles. The Kier molecular flexibility index (Phi) is 3.24. The van der Waals surface area contributed by atoms with Crippen molar-refractivity contribution in [3.63, 3.8) is 0 Å². The lowest BCUT2D eigenvalue weighted by molar-refractivity contribution is 0.371. The molecule has 3 nitrogen and oxygen atoms in total. The largest absolute Gasteiger partial charge is 0.493 e. The van der Waals surface area contributed by atoms with E-state index in [4.69, 9.17) is 4.74 Å². The lowest BCUT2D eigenvalue weighted by Crippen LogP contribution is -2.43. The van der Waals surface area contributed by atoms with E-state index in [0.29, 0.717) is 5.69 Å². The van der Waals surface area contributed by atoms with Gasteiger partial charge in [0.15, 0.2) is 11.6 Å². The zero-order chi connectivity index (χ0) is 11.5. The molecule has 0 saturated carbocycles. The summed E-state index contributed by atoms with van der Waals surface area (Å²) in [6.45, 7) is 3.27. The molecule has 5 heteroatoms. The first kappa shape index (κ1) is 11.1. The van der Waals surface area contributed by atoms with Crippen molar-refractivity contribution in [2.24, 2.45) is 0 Å². The maximum atomic E-state index is 13.3. The molecule has 2 rings (SSSR count). The van der Waals surface area contributed by atoms with E-state index in [1.54, 1.807) is 0 Å². The number of nitrogens with one attached hydrogen (secondary N) is 1. The van der Waals surface area contributed by atoms with Crippen LogP contribution < -0.4 is 15.0 Å². The Hall–Kier alpha value is -1.36. The van der Waals surface area contributed by atoms with Crippen LogP contribution in [0.25, 0.3) is 0 Å². The van der Waals surface area contributed by atoms with Crippen LogP contribution in [0, 0.1) is 11.6 Å². The first-order valence-electron chi connectivity index (χ1n) is 5.21. The molecule has 1 aliphatic rings. The lowest BCUT2D eigenvalue weighted by atomic mass is 10.2. The molecule has 1 heterocycles. The van der Waals surface area contributed by atoms with E-state index in [1.807, 2.05) is 4.90 Å². The van der Waals surface area contributed by atoms with Crippen LogP contribution in [0.2, 0.25) is 0 Å². The summed E-state index contributed by atoms with van der Waals surface area (Å²) in [5.74, 6) is -1.84. The third-order valence-electron chi connectivity index (χ3n) is 2.68. The molecule has 0 aromatic heterocycles. The first-order chi connectivity index (χ1) is 7.72. The van der Waals surface area contributed by atoms with Crippen molar-refractivity contribution in [1.29, 1.82) is 0 Å². The summed E-state index contributed by atoms with van der Waals surface area (Å²) in [5, 5.41) is 3.20. The van der Waals surface area contributed by atoms with Crippen LogP contribution in [-0.4, -0.2) is 33.3 Å². The maximum Gasteiger partial charge on any atom is 0.200 e. The summed E-state index contributed by atoms with van der Waals surface area (Å²) < 4.78 is 31.3. The molecule has 1 fully saturated rings. The molecule has 1 aromatic carbocycles. The third-order valence-corrected chi connectivity index (χ3v) is 2.68. The summed E-state index contributed by atoms with van der Waals surface area (Å²) in [7, 11) is 1.33. The molecule has 0 atom stereocenters. The minimum atomic E-state index is -0.929. The number of methoxy groups -OCH3 is 1. The van der Waals surface area contributed by atoms with E-state index in [1.165, 1.54) is 19.2 Å². The average Bonchev–Trinajstić information content (AvgIpc) is 2.33. The number of hydrogen-bond donors (Lipinski definition) is 1. The van der Waals surface area contributed by atoms with Crippen LogP contribution in [0.1, 0.15) is 0 Å². The first-order valence-corrected chi connectivity index (χ1v) is 5.21. The second-order valence-electron chi connectivity index (χ2n) is 3.68. The van der Waals surface area contributed by atoms with Gasteiger partial charge in [-0.2, -0.15) is 4.39 Å². The maximum absolute atomic E-state index is 13.3. The molecule has 16 heavy (non-hydrogen) atoms. The van der Waals surface area contributed by atoms with Gasteiger partial charge in [0.2, 0.25) is 5.82 Å². The van der Waals surface area contributed by atoms with Gasteiger partial charge in [-0.1, -0.05) is 0 Å². The molecular weight excluding hydrogens is 214 g/mol. The summed E-state index contributed by atoms with van der Waals surface area (Å²) in [5.41, 5.74) is 0.664. The Bertz CT molecular complexity index is 378. The molecule has 0 amide bonds. The standard InChI is InChI=1S/C11H14F2N2O/c1-16-10-7-8(6-9(12)11(10)13)15-4-2-14-3-5-15/h6-7,14H,2-5H2,1H3. The number of hydrogen-bond acceptors (Lipinski definition) is 3. The second-order valence-corrected chi connectivity index (χ2v) is 3.68. The zero-order valence-electron chi connectivity index (χ0n) is 9.09. The number of anilines is 1. The highest BCUT2D eigenvalue weighted by Crippen LogP contribution is 2.27. The third kappa shape index (κ3) is 2.09. The van der Waals surface area contributed by atoms with Crippen LogP contribution in [0.15, 0.2) is 12.1 Å². The number of piperazine rings is 1. The van der Waals surface area contributed by atoms with Crippen molar-refractivity contribution in [2.75, 3.05) is 38.2 Å².